The van der Waals surface area contributed by atoms with Crippen molar-refractivity contribution in [2.45, 2.75) is 12.6 Å². The van der Waals surface area contributed by atoms with Crippen molar-refractivity contribution >= 4 is 5.82 Å². The van der Waals surface area contributed by atoms with Gasteiger partial charge in [0, 0.05) is 13.3 Å². The molecule has 0 saturated carbocycles. The summed E-state index contributed by atoms with van der Waals surface area (Å²) in [6.45, 7) is 0.582. The van der Waals surface area contributed by atoms with E-state index in [1.165, 1.54) is 11.1 Å². The first kappa shape index (κ1) is 15.3. The number of hydrogen-bond acceptors (Lipinski definition) is 3. The summed E-state index contributed by atoms with van der Waals surface area (Å²) in [5.74, 6) is 0.845. The highest BCUT2D eigenvalue weighted by molar-refractivity contribution is 5.45. The smallest absolute Gasteiger partial charge is 0.126 e. The van der Waals surface area contributed by atoms with E-state index in [0.717, 1.165) is 11.4 Å². The van der Waals surface area contributed by atoms with Crippen LogP contribution < -0.4 is 5.32 Å². The molecule has 0 saturated heterocycles. The van der Waals surface area contributed by atoms with Gasteiger partial charge in [-0.05, 0) is 28.8 Å². The molecular formula is C20H20N2O. The van der Waals surface area contributed by atoms with Gasteiger partial charge in [-0.25, -0.2) is 4.98 Å². The predicted octanol–water partition coefficient (Wildman–Crippen LogP) is 4.43. The standard InChI is InChI=1S/C20H20N2O/c1-23-15-16-12-13-21-19(14-16)22-20(17-8-4-2-5-9-17)18-10-6-3-7-11-18/h2-14,20H,15H2,1H3,(H,21,22). The molecule has 0 atom stereocenters. The summed E-state index contributed by atoms with van der Waals surface area (Å²) in [6, 6.07) is 24.9. The molecule has 0 fully saturated rings. The van der Waals surface area contributed by atoms with Gasteiger partial charge in [0.1, 0.15) is 5.82 Å². The second-order valence-corrected chi connectivity index (χ2v) is 5.38. The average molecular weight is 304 g/mol. The van der Waals surface area contributed by atoms with E-state index in [0.29, 0.717) is 6.61 Å². The SMILES string of the molecule is COCc1ccnc(NC(c2ccccc2)c2ccccc2)c1. The summed E-state index contributed by atoms with van der Waals surface area (Å²) in [6.07, 6.45) is 1.81. The molecule has 0 amide bonds. The zero-order valence-electron chi connectivity index (χ0n) is 13.1. The average Bonchev–Trinajstić information content (AvgIpc) is 2.62. The third kappa shape index (κ3) is 3.96. The highest BCUT2D eigenvalue weighted by Crippen LogP contribution is 2.26. The number of pyridine rings is 1. The Morgan fingerprint density at radius 1 is 0.913 bits per heavy atom. The summed E-state index contributed by atoms with van der Waals surface area (Å²) in [5.41, 5.74) is 3.51. The molecule has 0 radical (unpaired) electrons. The first-order valence-electron chi connectivity index (χ1n) is 7.67. The third-order valence-electron chi connectivity index (χ3n) is 3.69. The van der Waals surface area contributed by atoms with Crippen LogP contribution in [0.25, 0.3) is 0 Å². The summed E-state index contributed by atoms with van der Waals surface area (Å²) < 4.78 is 5.20. The maximum absolute atomic E-state index is 5.20. The Labute approximate surface area is 137 Å². The van der Waals surface area contributed by atoms with E-state index < -0.39 is 0 Å². The van der Waals surface area contributed by atoms with Crippen molar-refractivity contribution in [1.82, 2.24) is 4.98 Å². The molecule has 3 heteroatoms. The van der Waals surface area contributed by atoms with E-state index in [1.54, 1.807) is 7.11 Å². The lowest BCUT2D eigenvalue weighted by atomic mass is 9.99. The van der Waals surface area contributed by atoms with Crippen LogP contribution in [0.4, 0.5) is 5.82 Å². The number of anilines is 1. The maximum atomic E-state index is 5.20. The van der Waals surface area contributed by atoms with Crippen molar-refractivity contribution in [3.05, 3.63) is 95.7 Å². The number of benzene rings is 2. The van der Waals surface area contributed by atoms with Crippen molar-refractivity contribution in [1.29, 1.82) is 0 Å². The zero-order chi connectivity index (χ0) is 15.9. The summed E-state index contributed by atoms with van der Waals surface area (Å²) in [7, 11) is 1.70. The van der Waals surface area contributed by atoms with Gasteiger partial charge in [0.05, 0.1) is 12.6 Å². The number of nitrogens with one attached hydrogen (secondary N) is 1. The van der Waals surface area contributed by atoms with Crippen molar-refractivity contribution in [2.24, 2.45) is 0 Å². The molecule has 3 nitrogen and oxygen atoms in total. The Balaban J connectivity index is 1.92. The van der Waals surface area contributed by atoms with Crippen LogP contribution in [-0.4, -0.2) is 12.1 Å². The molecule has 1 aromatic heterocycles. The number of nitrogens with zero attached hydrogens (tertiary/aromatic N) is 1. The van der Waals surface area contributed by atoms with Crippen LogP contribution in [-0.2, 0) is 11.3 Å². The van der Waals surface area contributed by atoms with Crippen LogP contribution in [0, 0.1) is 0 Å². The third-order valence-corrected chi connectivity index (χ3v) is 3.69. The fourth-order valence-electron chi connectivity index (χ4n) is 2.61. The molecule has 3 rings (SSSR count). The lowest BCUT2D eigenvalue weighted by molar-refractivity contribution is 0.185. The van der Waals surface area contributed by atoms with Gasteiger partial charge in [0.2, 0.25) is 0 Å². The summed E-state index contributed by atoms with van der Waals surface area (Å²) in [4.78, 5) is 4.45. The van der Waals surface area contributed by atoms with Gasteiger partial charge in [0.25, 0.3) is 0 Å². The molecular weight excluding hydrogens is 284 g/mol. The molecule has 0 unspecified atom stereocenters. The summed E-state index contributed by atoms with van der Waals surface area (Å²) >= 11 is 0. The van der Waals surface area contributed by atoms with E-state index in [4.69, 9.17) is 4.74 Å². The Morgan fingerprint density at radius 3 is 2.09 bits per heavy atom. The van der Waals surface area contributed by atoms with E-state index in [2.05, 4.69) is 58.8 Å². The Bertz CT molecular complexity index is 689. The Kier molecular flexibility index (Phi) is 5.02. The van der Waals surface area contributed by atoms with Gasteiger partial charge in [-0.3, -0.25) is 0 Å². The fraction of sp³-hybridized carbons (Fsp3) is 0.150. The molecule has 0 spiro atoms. The normalized spacial score (nSPS) is 10.7. The molecule has 1 heterocycles. The van der Waals surface area contributed by atoms with Crippen LogP contribution in [0.1, 0.15) is 22.7 Å². The largest absolute Gasteiger partial charge is 0.380 e. The van der Waals surface area contributed by atoms with Crippen LogP contribution >= 0.6 is 0 Å². The first-order chi connectivity index (χ1) is 11.4. The minimum atomic E-state index is 0.0581. The molecule has 0 aliphatic carbocycles. The van der Waals surface area contributed by atoms with Crippen LogP contribution in [0.3, 0.4) is 0 Å². The lowest BCUT2D eigenvalue weighted by Gasteiger charge is -2.20. The highest BCUT2D eigenvalue weighted by Gasteiger charge is 2.14. The van der Waals surface area contributed by atoms with E-state index in [9.17, 15) is 0 Å². The molecule has 1 N–H and O–H groups in total. The Hall–Kier alpha value is -2.65. The van der Waals surface area contributed by atoms with Gasteiger partial charge >= 0.3 is 0 Å². The van der Waals surface area contributed by atoms with Crippen LogP contribution in [0.15, 0.2) is 79.0 Å². The van der Waals surface area contributed by atoms with Crippen molar-refractivity contribution in [3.63, 3.8) is 0 Å². The monoisotopic (exact) mass is 304 g/mol. The second-order valence-electron chi connectivity index (χ2n) is 5.38. The maximum Gasteiger partial charge on any atom is 0.126 e. The molecule has 0 aliphatic heterocycles. The topological polar surface area (TPSA) is 34.1 Å². The zero-order valence-corrected chi connectivity index (χ0v) is 13.1. The van der Waals surface area contributed by atoms with Crippen LogP contribution in [0.5, 0.6) is 0 Å². The minimum Gasteiger partial charge on any atom is -0.380 e. The van der Waals surface area contributed by atoms with E-state index in [1.807, 2.05) is 30.5 Å². The highest BCUT2D eigenvalue weighted by atomic mass is 16.5. The van der Waals surface area contributed by atoms with Crippen molar-refractivity contribution in [3.8, 4) is 0 Å². The molecule has 23 heavy (non-hydrogen) atoms. The lowest BCUT2D eigenvalue weighted by Crippen LogP contribution is -2.13. The van der Waals surface area contributed by atoms with E-state index in [-0.39, 0.29) is 6.04 Å². The number of methoxy groups -OCH3 is 1. The number of hydrogen-bond donors (Lipinski definition) is 1. The van der Waals surface area contributed by atoms with E-state index >= 15 is 0 Å². The van der Waals surface area contributed by atoms with Gasteiger partial charge in [-0.15, -0.1) is 0 Å². The quantitative estimate of drug-likeness (QED) is 0.731. The minimum absolute atomic E-state index is 0.0581. The Morgan fingerprint density at radius 2 is 1.52 bits per heavy atom. The van der Waals surface area contributed by atoms with Gasteiger partial charge in [-0.1, -0.05) is 60.7 Å². The molecule has 0 aliphatic rings. The fourth-order valence-corrected chi connectivity index (χ4v) is 2.61. The molecule has 116 valence electrons. The van der Waals surface area contributed by atoms with Crippen molar-refractivity contribution < 1.29 is 4.74 Å². The van der Waals surface area contributed by atoms with Gasteiger partial charge in [0.15, 0.2) is 0 Å². The van der Waals surface area contributed by atoms with Gasteiger partial charge in [-0.2, -0.15) is 0 Å². The number of aromatic nitrogens is 1. The first-order valence-corrected chi connectivity index (χ1v) is 7.67. The van der Waals surface area contributed by atoms with Crippen molar-refractivity contribution in [2.75, 3.05) is 12.4 Å². The van der Waals surface area contributed by atoms with Gasteiger partial charge < -0.3 is 10.1 Å². The number of rotatable bonds is 6. The molecule has 0 bridgehead atoms. The number of ether oxygens (including phenoxy) is 1. The second kappa shape index (κ2) is 7.56. The summed E-state index contributed by atoms with van der Waals surface area (Å²) in [5, 5.41) is 3.54. The predicted molar refractivity (Wildman–Crippen MR) is 93.3 cm³/mol. The molecule has 3 aromatic rings. The molecule has 2 aromatic carbocycles. The van der Waals surface area contributed by atoms with Crippen LogP contribution in [0.2, 0.25) is 0 Å².